The molecule has 2 rings (SSSR count). The molecule has 0 saturated heterocycles. The van der Waals surface area contributed by atoms with Crippen LogP contribution in [0.25, 0.3) is 0 Å². The Kier molecular flexibility index (Phi) is 3.90. The molecule has 3 nitrogen and oxygen atoms in total. The number of alkyl halides is 6. The van der Waals surface area contributed by atoms with Crippen LogP contribution in [-0.2, 0) is 12.4 Å². The first-order valence-corrected chi connectivity index (χ1v) is 5.70. The van der Waals surface area contributed by atoms with E-state index < -0.39 is 29.3 Å². The Hall–Kier alpha value is -2.45. The van der Waals surface area contributed by atoms with Gasteiger partial charge in [0.25, 0.3) is 0 Å². The lowest BCUT2D eigenvalue weighted by Crippen LogP contribution is -2.11. The number of rotatable bonds is 2. The van der Waals surface area contributed by atoms with E-state index in [-0.39, 0.29) is 11.4 Å². The Morgan fingerprint density at radius 3 is 1.32 bits per heavy atom. The highest BCUT2D eigenvalue weighted by Gasteiger charge is 2.32. The quantitative estimate of drug-likeness (QED) is 0.625. The molecule has 2 heterocycles. The van der Waals surface area contributed by atoms with Crippen molar-refractivity contribution in [1.82, 2.24) is 9.97 Å². The highest BCUT2D eigenvalue weighted by Crippen LogP contribution is 2.29. The van der Waals surface area contributed by atoms with Crippen molar-refractivity contribution >= 4 is 5.78 Å². The van der Waals surface area contributed by atoms with E-state index in [1.807, 2.05) is 0 Å². The van der Waals surface area contributed by atoms with E-state index in [0.29, 0.717) is 24.5 Å². The van der Waals surface area contributed by atoms with Crippen LogP contribution in [0.2, 0.25) is 0 Å². The summed E-state index contributed by atoms with van der Waals surface area (Å²) in [7, 11) is 0. The molecule has 0 fully saturated rings. The van der Waals surface area contributed by atoms with E-state index in [1.54, 1.807) is 0 Å². The maximum absolute atomic E-state index is 12.4. The Bertz CT molecular complexity index is 614. The number of aromatic nitrogens is 2. The van der Waals surface area contributed by atoms with Gasteiger partial charge in [-0.25, -0.2) is 0 Å². The predicted molar refractivity (Wildman–Crippen MR) is 61.9 cm³/mol. The monoisotopic (exact) mass is 320 g/mol. The fraction of sp³-hybridized carbons (Fsp3) is 0.154. The maximum Gasteiger partial charge on any atom is 0.417 e. The Morgan fingerprint density at radius 1 is 0.727 bits per heavy atom. The lowest BCUT2D eigenvalue weighted by molar-refractivity contribution is -0.138. The average molecular weight is 320 g/mol. The van der Waals surface area contributed by atoms with Gasteiger partial charge in [-0.05, 0) is 24.3 Å². The first kappa shape index (κ1) is 15.9. The van der Waals surface area contributed by atoms with Crippen LogP contribution >= 0.6 is 0 Å². The molecule has 0 aliphatic carbocycles. The zero-order valence-electron chi connectivity index (χ0n) is 10.5. The van der Waals surface area contributed by atoms with Crippen molar-refractivity contribution < 1.29 is 31.1 Å². The molecule has 0 amide bonds. The fourth-order valence-corrected chi connectivity index (χ4v) is 1.52. The van der Waals surface area contributed by atoms with E-state index in [1.165, 1.54) is 0 Å². The topological polar surface area (TPSA) is 42.9 Å². The maximum atomic E-state index is 12.4. The molecule has 0 aliphatic rings. The van der Waals surface area contributed by atoms with Gasteiger partial charge in [0.05, 0.1) is 11.1 Å². The molecule has 22 heavy (non-hydrogen) atoms. The summed E-state index contributed by atoms with van der Waals surface area (Å²) in [6, 6.07) is 2.99. The molecule has 2 aromatic rings. The Labute approximate surface area is 119 Å². The molecule has 0 spiro atoms. The first-order chi connectivity index (χ1) is 10.1. The number of hydrogen-bond acceptors (Lipinski definition) is 3. The molecule has 0 aromatic carbocycles. The van der Waals surface area contributed by atoms with E-state index in [4.69, 9.17) is 0 Å². The third-order valence-corrected chi connectivity index (χ3v) is 2.65. The smallest absolute Gasteiger partial charge is 0.285 e. The second kappa shape index (κ2) is 5.39. The van der Waals surface area contributed by atoms with Crippen LogP contribution < -0.4 is 0 Å². The van der Waals surface area contributed by atoms with Crippen molar-refractivity contribution in [1.29, 1.82) is 0 Å². The minimum Gasteiger partial charge on any atom is -0.285 e. The van der Waals surface area contributed by atoms with Gasteiger partial charge < -0.3 is 0 Å². The summed E-state index contributed by atoms with van der Waals surface area (Å²) in [5, 5.41) is 0. The summed E-state index contributed by atoms with van der Waals surface area (Å²) < 4.78 is 74.1. The molecule has 116 valence electrons. The summed E-state index contributed by atoms with van der Waals surface area (Å²) in [6.07, 6.45) is -8.25. The number of halogens is 6. The molecule has 0 saturated carbocycles. The van der Waals surface area contributed by atoms with Crippen molar-refractivity contribution in [2.24, 2.45) is 0 Å². The van der Waals surface area contributed by atoms with E-state index in [9.17, 15) is 31.1 Å². The highest BCUT2D eigenvalue weighted by atomic mass is 19.4. The standard InChI is InChI=1S/C13H6F6N2O/c14-12(15,16)7-1-3-9(20-5-7)11(22)10-4-2-8(6-21-10)13(17,18)19/h1-6H. The van der Waals surface area contributed by atoms with Crippen LogP contribution in [0.1, 0.15) is 27.3 Å². The predicted octanol–water partition coefficient (Wildman–Crippen LogP) is 3.75. The van der Waals surface area contributed by atoms with Gasteiger partial charge in [-0.15, -0.1) is 0 Å². The number of hydrogen-bond donors (Lipinski definition) is 0. The number of nitrogens with zero attached hydrogens (tertiary/aromatic N) is 2. The second-order valence-corrected chi connectivity index (χ2v) is 4.19. The Balaban J connectivity index is 2.25. The summed E-state index contributed by atoms with van der Waals surface area (Å²) in [5.41, 5.74) is -2.77. The van der Waals surface area contributed by atoms with Crippen LogP contribution in [-0.4, -0.2) is 15.8 Å². The Morgan fingerprint density at radius 2 is 1.09 bits per heavy atom. The van der Waals surface area contributed by atoms with Gasteiger partial charge in [-0.3, -0.25) is 14.8 Å². The molecule has 0 aliphatic heterocycles. The normalized spacial score (nSPS) is 12.3. The van der Waals surface area contributed by atoms with E-state index >= 15 is 0 Å². The van der Waals surface area contributed by atoms with Gasteiger partial charge in [0.15, 0.2) is 0 Å². The van der Waals surface area contributed by atoms with Gasteiger partial charge >= 0.3 is 12.4 Å². The van der Waals surface area contributed by atoms with Crippen LogP contribution in [0.3, 0.4) is 0 Å². The number of pyridine rings is 2. The van der Waals surface area contributed by atoms with Gasteiger partial charge in [0.1, 0.15) is 11.4 Å². The minimum atomic E-state index is -4.60. The van der Waals surface area contributed by atoms with Crippen LogP contribution in [0, 0.1) is 0 Å². The third-order valence-electron chi connectivity index (χ3n) is 2.65. The second-order valence-electron chi connectivity index (χ2n) is 4.19. The molecule has 0 unspecified atom stereocenters. The fourth-order valence-electron chi connectivity index (χ4n) is 1.52. The highest BCUT2D eigenvalue weighted by molar-refractivity contribution is 6.06. The van der Waals surface area contributed by atoms with E-state index in [0.717, 1.165) is 12.1 Å². The molecular formula is C13H6F6N2O. The first-order valence-electron chi connectivity index (χ1n) is 5.70. The molecular weight excluding hydrogens is 314 g/mol. The number of carbonyl (C=O) groups is 1. The summed E-state index contributed by atoms with van der Waals surface area (Å²) >= 11 is 0. The summed E-state index contributed by atoms with van der Waals surface area (Å²) in [4.78, 5) is 18.6. The third kappa shape index (κ3) is 3.41. The molecule has 0 atom stereocenters. The van der Waals surface area contributed by atoms with Crippen LogP contribution in [0.5, 0.6) is 0 Å². The van der Waals surface area contributed by atoms with Crippen molar-refractivity contribution in [2.45, 2.75) is 12.4 Å². The van der Waals surface area contributed by atoms with E-state index in [2.05, 4.69) is 9.97 Å². The molecule has 0 radical (unpaired) electrons. The number of ketones is 1. The van der Waals surface area contributed by atoms with Crippen molar-refractivity contribution in [3.63, 3.8) is 0 Å². The van der Waals surface area contributed by atoms with Crippen molar-refractivity contribution in [3.8, 4) is 0 Å². The average Bonchev–Trinajstić information content (AvgIpc) is 2.45. The largest absolute Gasteiger partial charge is 0.417 e. The lowest BCUT2D eigenvalue weighted by atomic mass is 10.1. The van der Waals surface area contributed by atoms with Crippen molar-refractivity contribution in [2.75, 3.05) is 0 Å². The van der Waals surface area contributed by atoms with Crippen LogP contribution in [0.15, 0.2) is 36.7 Å². The summed E-state index contributed by atoms with van der Waals surface area (Å²) in [6.45, 7) is 0. The van der Waals surface area contributed by atoms with Gasteiger partial charge in [0, 0.05) is 12.4 Å². The SMILES string of the molecule is O=C(c1ccc(C(F)(F)F)cn1)c1ccc(C(F)(F)F)cn1. The van der Waals surface area contributed by atoms with Crippen molar-refractivity contribution in [3.05, 3.63) is 59.2 Å². The zero-order chi connectivity index (χ0) is 16.5. The zero-order valence-corrected chi connectivity index (χ0v) is 10.5. The molecule has 0 N–H and O–H groups in total. The molecule has 0 bridgehead atoms. The van der Waals surface area contributed by atoms with Gasteiger partial charge in [-0.1, -0.05) is 0 Å². The van der Waals surface area contributed by atoms with Crippen LogP contribution in [0.4, 0.5) is 26.3 Å². The molecule has 2 aromatic heterocycles. The van der Waals surface area contributed by atoms with Gasteiger partial charge in [-0.2, -0.15) is 26.3 Å². The van der Waals surface area contributed by atoms with Gasteiger partial charge in [0.2, 0.25) is 5.78 Å². The minimum absolute atomic E-state index is 0.347. The summed E-state index contributed by atoms with van der Waals surface area (Å²) in [5.74, 6) is -0.873. The molecule has 9 heteroatoms. The lowest BCUT2D eigenvalue weighted by Gasteiger charge is -2.07. The number of carbonyl (C=O) groups excluding carboxylic acids is 1.